The normalized spacial score (nSPS) is 18.1. The molecule has 2 nitrogen and oxygen atoms in total. The van der Waals surface area contributed by atoms with Crippen molar-refractivity contribution in [1.82, 2.24) is 0 Å². The zero-order valence-electron chi connectivity index (χ0n) is 6.01. The van der Waals surface area contributed by atoms with Gasteiger partial charge in [-0.15, -0.1) is 0 Å². The second-order valence-corrected chi connectivity index (χ2v) is 2.52. The van der Waals surface area contributed by atoms with E-state index in [2.05, 4.69) is 0 Å². The van der Waals surface area contributed by atoms with E-state index in [4.69, 9.17) is 10.8 Å². The molecule has 0 bridgehead atoms. The lowest BCUT2D eigenvalue weighted by molar-refractivity contribution is 0.385. The first-order valence-electron chi connectivity index (χ1n) is 3.60. The SMILES string of the molecule is NCCC1=CC=C(O)CC1. The maximum absolute atomic E-state index is 8.98. The number of hydrogen-bond donors (Lipinski definition) is 2. The van der Waals surface area contributed by atoms with Crippen LogP contribution in [0, 0.1) is 0 Å². The lowest BCUT2D eigenvalue weighted by Gasteiger charge is -2.08. The van der Waals surface area contributed by atoms with Crippen LogP contribution in [0.4, 0.5) is 0 Å². The van der Waals surface area contributed by atoms with Gasteiger partial charge in [0.15, 0.2) is 0 Å². The van der Waals surface area contributed by atoms with Gasteiger partial charge in [0.1, 0.15) is 0 Å². The molecule has 0 spiro atoms. The molecule has 10 heavy (non-hydrogen) atoms. The van der Waals surface area contributed by atoms with Crippen LogP contribution in [0.1, 0.15) is 19.3 Å². The van der Waals surface area contributed by atoms with Crippen molar-refractivity contribution in [2.75, 3.05) is 6.54 Å². The summed E-state index contributed by atoms with van der Waals surface area (Å²) in [7, 11) is 0. The molecular formula is C8H13NO. The van der Waals surface area contributed by atoms with Gasteiger partial charge in [0.25, 0.3) is 0 Å². The summed E-state index contributed by atoms with van der Waals surface area (Å²) in [6.45, 7) is 0.709. The standard InChI is InChI=1S/C8H13NO/c9-6-5-7-1-3-8(10)4-2-7/h1,3,10H,2,4-6,9H2. The van der Waals surface area contributed by atoms with Gasteiger partial charge in [-0.1, -0.05) is 11.6 Å². The summed E-state index contributed by atoms with van der Waals surface area (Å²) in [6, 6.07) is 0. The summed E-state index contributed by atoms with van der Waals surface area (Å²) in [4.78, 5) is 0. The van der Waals surface area contributed by atoms with Crippen molar-refractivity contribution in [1.29, 1.82) is 0 Å². The van der Waals surface area contributed by atoms with E-state index in [0.29, 0.717) is 12.3 Å². The Morgan fingerprint density at radius 1 is 1.40 bits per heavy atom. The third-order valence-corrected chi connectivity index (χ3v) is 1.68. The van der Waals surface area contributed by atoms with E-state index in [-0.39, 0.29) is 0 Å². The van der Waals surface area contributed by atoms with Crippen molar-refractivity contribution in [3.8, 4) is 0 Å². The maximum atomic E-state index is 8.98. The van der Waals surface area contributed by atoms with E-state index in [1.165, 1.54) is 5.57 Å². The first-order valence-corrected chi connectivity index (χ1v) is 3.60. The number of allylic oxidation sites excluding steroid dienone is 3. The average Bonchev–Trinajstić information content (AvgIpc) is 1.95. The first-order chi connectivity index (χ1) is 4.83. The van der Waals surface area contributed by atoms with Gasteiger partial charge in [-0.2, -0.15) is 0 Å². The molecule has 0 unspecified atom stereocenters. The van der Waals surface area contributed by atoms with Crippen LogP contribution in [0.5, 0.6) is 0 Å². The smallest absolute Gasteiger partial charge is 0.0925 e. The van der Waals surface area contributed by atoms with Gasteiger partial charge < -0.3 is 10.8 Å². The van der Waals surface area contributed by atoms with Crippen LogP contribution in [0.3, 0.4) is 0 Å². The molecule has 0 fully saturated rings. The van der Waals surface area contributed by atoms with Gasteiger partial charge in [0.2, 0.25) is 0 Å². The third kappa shape index (κ3) is 1.88. The minimum absolute atomic E-state index is 0.487. The molecule has 0 aliphatic heterocycles. The summed E-state index contributed by atoms with van der Waals surface area (Å²) < 4.78 is 0. The molecule has 0 radical (unpaired) electrons. The van der Waals surface area contributed by atoms with Gasteiger partial charge in [-0.3, -0.25) is 0 Å². The fourth-order valence-electron chi connectivity index (χ4n) is 1.06. The van der Waals surface area contributed by atoms with Gasteiger partial charge >= 0.3 is 0 Å². The molecule has 0 amide bonds. The van der Waals surface area contributed by atoms with Crippen LogP contribution >= 0.6 is 0 Å². The molecule has 0 atom stereocenters. The zero-order valence-corrected chi connectivity index (χ0v) is 6.01. The van der Waals surface area contributed by atoms with Gasteiger partial charge in [-0.05, 0) is 25.5 Å². The lowest BCUT2D eigenvalue weighted by Crippen LogP contribution is -2.02. The van der Waals surface area contributed by atoms with E-state index in [1.807, 2.05) is 6.08 Å². The molecule has 0 aromatic carbocycles. The molecule has 0 saturated carbocycles. The Labute approximate surface area is 61.0 Å². The van der Waals surface area contributed by atoms with E-state index >= 15 is 0 Å². The van der Waals surface area contributed by atoms with Crippen molar-refractivity contribution in [3.63, 3.8) is 0 Å². The van der Waals surface area contributed by atoms with Crippen LogP contribution < -0.4 is 5.73 Å². The number of aliphatic hydroxyl groups is 1. The molecule has 1 aliphatic carbocycles. The average molecular weight is 139 g/mol. The van der Waals surface area contributed by atoms with E-state index < -0.39 is 0 Å². The Balaban J connectivity index is 2.47. The van der Waals surface area contributed by atoms with Crippen LogP contribution in [0.25, 0.3) is 0 Å². The van der Waals surface area contributed by atoms with Crippen LogP contribution in [-0.4, -0.2) is 11.7 Å². The Morgan fingerprint density at radius 3 is 2.70 bits per heavy atom. The van der Waals surface area contributed by atoms with E-state index in [1.54, 1.807) is 6.08 Å². The topological polar surface area (TPSA) is 46.2 Å². The minimum Gasteiger partial charge on any atom is -0.512 e. The largest absolute Gasteiger partial charge is 0.512 e. The van der Waals surface area contributed by atoms with Crippen LogP contribution in [-0.2, 0) is 0 Å². The zero-order chi connectivity index (χ0) is 7.40. The lowest BCUT2D eigenvalue weighted by atomic mass is 10.0. The van der Waals surface area contributed by atoms with Gasteiger partial charge in [0, 0.05) is 6.42 Å². The van der Waals surface area contributed by atoms with Crippen molar-refractivity contribution >= 4 is 0 Å². The Kier molecular flexibility index (Phi) is 2.51. The first kappa shape index (κ1) is 7.35. The number of rotatable bonds is 2. The van der Waals surface area contributed by atoms with Gasteiger partial charge in [-0.25, -0.2) is 0 Å². The van der Waals surface area contributed by atoms with Crippen molar-refractivity contribution < 1.29 is 5.11 Å². The van der Waals surface area contributed by atoms with Gasteiger partial charge in [0.05, 0.1) is 5.76 Å². The molecule has 1 aliphatic rings. The second-order valence-electron chi connectivity index (χ2n) is 2.52. The summed E-state index contributed by atoms with van der Waals surface area (Å²) in [6.07, 6.45) is 6.44. The van der Waals surface area contributed by atoms with Crippen molar-refractivity contribution in [2.45, 2.75) is 19.3 Å². The highest BCUT2D eigenvalue weighted by Crippen LogP contribution is 2.17. The Hall–Kier alpha value is -0.760. The minimum atomic E-state index is 0.487. The van der Waals surface area contributed by atoms with Crippen molar-refractivity contribution in [3.05, 3.63) is 23.5 Å². The van der Waals surface area contributed by atoms with E-state index in [0.717, 1.165) is 19.3 Å². The summed E-state index contributed by atoms with van der Waals surface area (Å²) in [5.74, 6) is 0.487. The molecule has 2 heteroatoms. The third-order valence-electron chi connectivity index (χ3n) is 1.68. The highest BCUT2D eigenvalue weighted by Gasteiger charge is 2.02. The van der Waals surface area contributed by atoms with Crippen LogP contribution in [0.2, 0.25) is 0 Å². The number of hydrogen-bond acceptors (Lipinski definition) is 2. The Bertz CT molecular complexity index is 166. The molecular weight excluding hydrogens is 126 g/mol. The number of aliphatic hydroxyl groups excluding tert-OH is 1. The fourth-order valence-corrected chi connectivity index (χ4v) is 1.06. The molecule has 0 aromatic rings. The second kappa shape index (κ2) is 3.42. The van der Waals surface area contributed by atoms with E-state index in [9.17, 15) is 0 Å². The predicted octanol–water partition coefficient (Wildman–Crippen LogP) is 1.50. The highest BCUT2D eigenvalue weighted by atomic mass is 16.3. The monoisotopic (exact) mass is 139 g/mol. The highest BCUT2D eigenvalue weighted by molar-refractivity contribution is 5.20. The van der Waals surface area contributed by atoms with Crippen LogP contribution in [0.15, 0.2) is 23.5 Å². The molecule has 0 heterocycles. The summed E-state index contributed by atoms with van der Waals surface area (Å²) >= 11 is 0. The predicted molar refractivity (Wildman–Crippen MR) is 41.7 cm³/mol. The fraction of sp³-hybridized carbons (Fsp3) is 0.500. The number of nitrogens with two attached hydrogens (primary N) is 1. The summed E-state index contributed by atoms with van der Waals surface area (Å²) in [5.41, 5.74) is 6.72. The van der Waals surface area contributed by atoms with Crippen molar-refractivity contribution in [2.24, 2.45) is 5.73 Å². The Morgan fingerprint density at radius 2 is 2.20 bits per heavy atom. The molecule has 56 valence electrons. The maximum Gasteiger partial charge on any atom is 0.0925 e. The quantitative estimate of drug-likeness (QED) is 0.609. The summed E-state index contributed by atoms with van der Waals surface area (Å²) in [5, 5.41) is 8.98. The molecule has 0 aromatic heterocycles. The molecule has 3 N–H and O–H groups in total. The molecule has 1 rings (SSSR count). The molecule has 0 saturated heterocycles.